The third-order valence-electron chi connectivity index (χ3n) is 3.06. The lowest BCUT2D eigenvalue weighted by Gasteiger charge is -2.33. The van der Waals surface area contributed by atoms with E-state index in [4.69, 9.17) is 5.73 Å². The molecule has 1 aromatic heterocycles. The SMILES string of the molecule is CC1CC(NC(=O)c2cc([N+](=O)[O-])ncc2N)C1. The lowest BCUT2D eigenvalue weighted by molar-refractivity contribution is -0.389. The molecule has 3 N–H and O–H groups in total. The minimum Gasteiger partial charge on any atom is -0.395 e. The smallest absolute Gasteiger partial charge is 0.364 e. The number of hydrogen-bond donors (Lipinski definition) is 2. The van der Waals surface area contributed by atoms with Gasteiger partial charge in [-0.15, -0.1) is 0 Å². The average molecular weight is 250 g/mol. The Bertz CT molecular complexity index is 497. The number of aromatic nitrogens is 1. The van der Waals surface area contributed by atoms with Gasteiger partial charge in [-0.05, 0) is 28.7 Å². The summed E-state index contributed by atoms with van der Waals surface area (Å²) in [7, 11) is 0. The van der Waals surface area contributed by atoms with Gasteiger partial charge in [0.05, 0.1) is 17.3 Å². The topological polar surface area (TPSA) is 111 Å². The minimum absolute atomic E-state index is 0.108. The van der Waals surface area contributed by atoms with Crippen molar-refractivity contribution in [1.29, 1.82) is 0 Å². The first-order valence-electron chi connectivity index (χ1n) is 5.68. The number of amides is 1. The second-order valence-electron chi connectivity index (χ2n) is 4.63. The van der Waals surface area contributed by atoms with E-state index >= 15 is 0 Å². The lowest BCUT2D eigenvalue weighted by atomic mass is 9.82. The van der Waals surface area contributed by atoms with E-state index < -0.39 is 4.92 Å². The first kappa shape index (κ1) is 12.3. The van der Waals surface area contributed by atoms with Crippen molar-refractivity contribution in [2.45, 2.75) is 25.8 Å². The predicted octanol–water partition coefficient (Wildman–Crippen LogP) is 1.10. The molecular formula is C11H14N4O3. The van der Waals surface area contributed by atoms with Gasteiger partial charge in [0.2, 0.25) is 0 Å². The second-order valence-corrected chi connectivity index (χ2v) is 4.63. The van der Waals surface area contributed by atoms with Gasteiger partial charge in [-0.2, -0.15) is 0 Å². The van der Waals surface area contributed by atoms with Crippen LogP contribution >= 0.6 is 0 Å². The largest absolute Gasteiger partial charge is 0.395 e. The maximum atomic E-state index is 11.9. The Balaban J connectivity index is 2.13. The molecule has 1 heterocycles. The van der Waals surface area contributed by atoms with Crippen molar-refractivity contribution in [2.75, 3.05) is 5.73 Å². The molecule has 96 valence electrons. The first-order chi connectivity index (χ1) is 8.47. The van der Waals surface area contributed by atoms with Crippen LogP contribution in [0.3, 0.4) is 0 Å². The molecule has 1 amide bonds. The molecule has 18 heavy (non-hydrogen) atoms. The van der Waals surface area contributed by atoms with Crippen LogP contribution in [0.25, 0.3) is 0 Å². The number of nitrogens with two attached hydrogens (primary N) is 1. The zero-order valence-corrected chi connectivity index (χ0v) is 9.92. The van der Waals surface area contributed by atoms with Crippen LogP contribution in [-0.2, 0) is 0 Å². The zero-order valence-electron chi connectivity index (χ0n) is 9.92. The zero-order chi connectivity index (χ0) is 13.3. The number of carbonyl (C=O) groups is 1. The molecule has 2 rings (SSSR count). The fourth-order valence-corrected chi connectivity index (χ4v) is 2.03. The molecule has 1 aliphatic rings. The second kappa shape index (κ2) is 4.59. The molecule has 0 bridgehead atoms. The summed E-state index contributed by atoms with van der Waals surface area (Å²) < 4.78 is 0. The normalized spacial score (nSPS) is 22.1. The Kier molecular flexibility index (Phi) is 3.14. The predicted molar refractivity (Wildman–Crippen MR) is 65.0 cm³/mol. The summed E-state index contributed by atoms with van der Waals surface area (Å²) in [5.41, 5.74) is 5.86. The van der Waals surface area contributed by atoms with E-state index in [0.717, 1.165) is 25.1 Å². The third kappa shape index (κ3) is 2.39. The Hall–Kier alpha value is -2.18. The molecule has 1 aliphatic carbocycles. The summed E-state index contributed by atoms with van der Waals surface area (Å²) in [4.78, 5) is 25.4. The molecule has 0 aliphatic heterocycles. The van der Waals surface area contributed by atoms with Crippen LogP contribution in [0, 0.1) is 16.0 Å². The van der Waals surface area contributed by atoms with E-state index in [2.05, 4.69) is 17.2 Å². The van der Waals surface area contributed by atoms with Gasteiger partial charge in [-0.3, -0.25) is 4.79 Å². The number of nitro groups is 1. The van der Waals surface area contributed by atoms with Gasteiger partial charge in [0, 0.05) is 6.04 Å². The van der Waals surface area contributed by atoms with Crippen molar-refractivity contribution in [3.8, 4) is 0 Å². The molecule has 0 spiro atoms. The van der Waals surface area contributed by atoms with Crippen molar-refractivity contribution >= 4 is 17.4 Å². The van der Waals surface area contributed by atoms with Crippen LogP contribution in [0.15, 0.2) is 12.3 Å². The molecule has 0 unspecified atom stereocenters. The van der Waals surface area contributed by atoms with E-state index in [0.29, 0.717) is 5.92 Å². The Morgan fingerprint density at radius 2 is 2.28 bits per heavy atom. The molecule has 1 saturated carbocycles. The van der Waals surface area contributed by atoms with Gasteiger partial charge in [0.15, 0.2) is 6.20 Å². The van der Waals surface area contributed by atoms with Crippen LogP contribution in [0.1, 0.15) is 30.1 Å². The summed E-state index contributed by atoms with van der Waals surface area (Å²) in [5.74, 6) is -0.148. The molecule has 1 fully saturated rings. The summed E-state index contributed by atoms with van der Waals surface area (Å²) in [5, 5.41) is 13.4. The molecule has 0 saturated heterocycles. The summed E-state index contributed by atoms with van der Waals surface area (Å²) in [6.45, 7) is 2.11. The van der Waals surface area contributed by atoms with Crippen molar-refractivity contribution < 1.29 is 9.72 Å². The molecule has 0 radical (unpaired) electrons. The van der Waals surface area contributed by atoms with Gasteiger partial charge in [-0.25, -0.2) is 0 Å². The van der Waals surface area contributed by atoms with E-state index in [9.17, 15) is 14.9 Å². The van der Waals surface area contributed by atoms with Crippen LogP contribution < -0.4 is 11.1 Å². The fourth-order valence-electron chi connectivity index (χ4n) is 2.03. The quantitative estimate of drug-likeness (QED) is 0.616. The number of nitrogen functional groups attached to an aromatic ring is 1. The molecule has 7 heteroatoms. The van der Waals surface area contributed by atoms with E-state index in [-0.39, 0.29) is 29.0 Å². The standard InChI is InChI=1S/C11H14N4O3/c1-6-2-7(3-6)14-11(16)8-4-10(15(17)18)13-5-9(8)12/h4-7H,2-3,12H2,1H3,(H,14,16). The molecule has 0 aromatic carbocycles. The number of pyridine rings is 1. The molecule has 7 nitrogen and oxygen atoms in total. The lowest BCUT2D eigenvalue weighted by Crippen LogP contribution is -2.43. The van der Waals surface area contributed by atoms with Crippen LogP contribution in [0.4, 0.5) is 11.5 Å². The number of hydrogen-bond acceptors (Lipinski definition) is 5. The van der Waals surface area contributed by atoms with Crippen LogP contribution in [-0.4, -0.2) is 21.9 Å². The number of nitrogens with zero attached hydrogens (tertiary/aromatic N) is 2. The minimum atomic E-state index is -0.651. The van der Waals surface area contributed by atoms with Crippen molar-refractivity contribution in [1.82, 2.24) is 10.3 Å². The summed E-state index contributed by atoms with van der Waals surface area (Å²) in [6.07, 6.45) is 2.99. The molecular weight excluding hydrogens is 236 g/mol. The van der Waals surface area contributed by atoms with Crippen LogP contribution in [0.2, 0.25) is 0 Å². The third-order valence-corrected chi connectivity index (χ3v) is 3.06. The summed E-state index contributed by atoms with van der Waals surface area (Å²) >= 11 is 0. The van der Waals surface area contributed by atoms with E-state index in [1.807, 2.05) is 0 Å². The highest BCUT2D eigenvalue weighted by Gasteiger charge is 2.28. The fraction of sp³-hybridized carbons (Fsp3) is 0.455. The van der Waals surface area contributed by atoms with Crippen LogP contribution in [0.5, 0.6) is 0 Å². The van der Waals surface area contributed by atoms with E-state index in [1.165, 1.54) is 0 Å². The molecule has 1 aromatic rings. The molecule has 0 atom stereocenters. The highest BCUT2D eigenvalue weighted by Crippen LogP contribution is 2.27. The van der Waals surface area contributed by atoms with Crippen molar-refractivity contribution in [3.63, 3.8) is 0 Å². The number of carbonyl (C=O) groups excluding carboxylic acids is 1. The number of anilines is 1. The Labute approximate surface area is 104 Å². The van der Waals surface area contributed by atoms with E-state index in [1.54, 1.807) is 0 Å². The maximum absolute atomic E-state index is 11.9. The Morgan fingerprint density at radius 3 is 2.83 bits per heavy atom. The van der Waals surface area contributed by atoms with Gasteiger partial charge in [-0.1, -0.05) is 6.92 Å². The highest BCUT2D eigenvalue weighted by molar-refractivity contribution is 5.99. The van der Waals surface area contributed by atoms with Crippen molar-refractivity contribution in [2.24, 2.45) is 5.92 Å². The van der Waals surface area contributed by atoms with Gasteiger partial charge in [0.1, 0.15) is 0 Å². The monoisotopic (exact) mass is 250 g/mol. The van der Waals surface area contributed by atoms with Gasteiger partial charge < -0.3 is 21.2 Å². The Morgan fingerprint density at radius 1 is 1.61 bits per heavy atom. The highest BCUT2D eigenvalue weighted by atomic mass is 16.6. The number of nitrogens with one attached hydrogen (secondary N) is 1. The average Bonchev–Trinajstić information content (AvgIpc) is 2.27. The van der Waals surface area contributed by atoms with Gasteiger partial charge >= 0.3 is 5.82 Å². The maximum Gasteiger partial charge on any atom is 0.364 e. The van der Waals surface area contributed by atoms with Crippen molar-refractivity contribution in [3.05, 3.63) is 27.9 Å². The van der Waals surface area contributed by atoms with Gasteiger partial charge in [0.25, 0.3) is 5.91 Å². The summed E-state index contributed by atoms with van der Waals surface area (Å²) in [6, 6.07) is 1.24. The number of rotatable bonds is 3. The first-order valence-corrected chi connectivity index (χ1v) is 5.68.